The SMILES string of the molecule is COCOc1cccc(C=C(F)F)c1Cl. The van der Waals surface area contributed by atoms with Crippen LogP contribution < -0.4 is 4.74 Å². The maximum Gasteiger partial charge on any atom is 0.270 e. The monoisotopic (exact) mass is 234 g/mol. The average molecular weight is 235 g/mol. The van der Waals surface area contributed by atoms with Crippen molar-refractivity contribution in [2.75, 3.05) is 13.9 Å². The van der Waals surface area contributed by atoms with Gasteiger partial charge in [0.15, 0.2) is 6.79 Å². The molecule has 0 saturated heterocycles. The second-order valence-electron chi connectivity index (χ2n) is 2.64. The largest absolute Gasteiger partial charge is 0.466 e. The van der Waals surface area contributed by atoms with Crippen LogP contribution in [0.4, 0.5) is 8.78 Å². The Balaban J connectivity index is 2.95. The first-order valence-electron chi connectivity index (χ1n) is 4.08. The smallest absolute Gasteiger partial charge is 0.270 e. The normalized spacial score (nSPS) is 9.87. The molecule has 0 amide bonds. The van der Waals surface area contributed by atoms with Crippen LogP contribution in [0.2, 0.25) is 5.02 Å². The molecule has 0 heterocycles. The third-order valence-corrected chi connectivity index (χ3v) is 1.99. The molecule has 0 bridgehead atoms. The lowest BCUT2D eigenvalue weighted by Crippen LogP contribution is -1.99. The fraction of sp³-hybridized carbons (Fsp3) is 0.200. The van der Waals surface area contributed by atoms with Crippen LogP contribution in [0.5, 0.6) is 5.75 Å². The second-order valence-corrected chi connectivity index (χ2v) is 3.02. The van der Waals surface area contributed by atoms with Crippen LogP contribution in [-0.4, -0.2) is 13.9 Å². The van der Waals surface area contributed by atoms with Crippen molar-refractivity contribution in [3.8, 4) is 5.75 Å². The summed E-state index contributed by atoms with van der Waals surface area (Å²) in [7, 11) is 1.46. The minimum absolute atomic E-state index is 0.0188. The Bertz CT molecular complexity index is 362. The number of methoxy groups -OCH3 is 1. The van der Waals surface area contributed by atoms with Crippen LogP contribution in [0.1, 0.15) is 5.56 Å². The van der Waals surface area contributed by atoms with Gasteiger partial charge in [0.25, 0.3) is 6.08 Å². The molecule has 15 heavy (non-hydrogen) atoms. The average Bonchev–Trinajstić information content (AvgIpc) is 2.19. The van der Waals surface area contributed by atoms with E-state index >= 15 is 0 Å². The third kappa shape index (κ3) is 3.49. The van der Waals surface area contributed by atoms with Gasteiger partial charge in [0.2, 0.25) is 0 Å². The fourth-order valence-corrected chi connectivity index (χ4v) is 1.23. The molecule has 0 radical (unpaired) electrons. The van der Waals surface area contributed by atoms with E-state index in [9.17, 15) is 8.78 Å². The van der Waals surface area contributed by atoms with Gasteiger partial charge >= 0.3 is 0 Å². The molecular weight excluding hydrogens is 226 g/mol. The number of hydrogen-bond donors (Lipinski definition) is 0. The Hall–Kier alpha value is -1.13. The molecular formula is C10H9ClF2O2. The van der Waals surface area contributed by atoms with Gasteiger partial charge in [0.1, 0.15) is 5.75 Å². The molecule has 0 aliphatic rings. The summed E-state index contributed by atoms with van der Waals surface area (Å²) in [6.07, 6.45) is -1.12. The second kappa shape index (κ2) is 5.68. The van der Waals surface area contributed by atoms with Crippen molar-refractivity contribution < 1.29 is 18.3 Å². The Morgan fingerprint density at radius 1 is 1.47 bits per heavy atom. The Kier molecular flexibility index (Phi) is 4.52. The van der Waals surface area contributed by atoms with Crippen molar-refractivity contribution in [1.82, 2.24) is 0 Å². The summed E-state index contributed by atoms with van der Waals surface area (Å²) in [5.74, 6) is 0.313. The predicted molar refractivity (Wildman–Crippen MR) is 54.1 cm³/mol. The number of ether oxygens (including phenoxy) is 2. The minimum atomic E-state index is -1.80. The van der Waals surface area contributed by atoms with Crippen LogP contribution in [0, 0.1) is 0 Å². The molecule has 1 rings (SSSR count). The van der Waals surface area contributed by atoms with Gasteiger partial charge in [0, 0.05) is 18.7 Å². The summed E-state index contributed by atoms with van der Waals surface area (Å²) in [6, 6.07) is 4.63. The highest BCUT2D eigenvalue weighted by Gasteiger charge is 2.06. The number of halogens is 3. The van der Waals surface area contributed by atoms with Crippen LogP contribution in [0.25, 0.3) is 6.08 Å². The van der Waals surface area contributed by atoms with Crippen molar-refractivity contribution in [2.24, 2.45) is 0 Å². The van der Waals surface area contributed by atoms with E-state index in [4.69, 9.17) is 16.3 Å². The zero-order valence-corrected chi connectivity index (χ0v) is 8.72. The van der Waals surface area contributed by atoms with Crippen molar-refractivity contribution >= 4 is 17.7 Å². The van der Waals surface area contributed by atoms with Crippen LogP contribution in [0.15, 0.2) is 24.3 Å². The zero-order chi connectivity index (χ0) is 11.3. The van der Waals surface area contributed by atoms with Crippen LogP contribution in [0.3, 0.4) is 0 Å². The van der Waals surface area contributed by atoms with Gasteiger partial charge < -0.3 is 9.47 Å². The number of benzene rings is 1. The molecule has 1 aromatic rings. The molecule has 0 saturated carbocycles. The topological polar surface area (TPSA) is 18.5 Å². The first-order chi connectivity index (χ1) is 7.15. The zero-order valence-electron chi connectivity index (χ0n) is 7.97. The first kappa shape index (κ1) is 11.9. The van der Waals surface area contributed by atoms with Gasteiger partial charge in [0.05, 0.1) is 5.02 Å². The van der Waals surface area contributed by atoms with Crippen molar-refractivity contribution in [3.05, 3.63) is 34.9 Å². The molecule has 0 atom stereocenters. The molecule has 0 fully saturated rings. The Morgan fingerprint density at radius 3 is 2.80 bits per heavy atom. The summed E-state index contributed by atoms with van der Waals surface area (Å²) < 4.78 is 33.8. The van der Waals surface area contributed by atoms with Gasteiger partial charge in [-0.2, -0.15) is 8.78 Å². The maximum atomic E-state index is 12.0. The molecule has 0 spiro atoms. The molecule has 0 aromatic heterocycles. The molecule has 0 aliphatic heterocycles. The first-order valence-corrected chi connectivity index (χ1v) is 4.46. The third-order valence-electron chi connectivity index (χ3n) is 1.59. The molecule has 0 aliphatic carbocycles. The summed E-state index contributed by atoms with van der Waals surface area (Å²) in [5, 5.41) is 0.141. The van der Waals surface area contributed by atoms with E-state index in [1.807, 2.05) is 0 Å². The highest BCUT2D eigenvalue weighted by molar-refractivity contribution is 6.33. The molecule has 2 nitrogen and oxygen atoms in total. The minimum Gasteiger partial charge on any atom is -0.466 e. The Labute approximate surface area is 91.1 Å². The quantitative estimate of drug-likeness (QED) is 0.742. The van der Waals surface area contributed by atoms with E-state index in [0.29, 0.717) is 11.8 Å². The summed E-state index contributed by atoms with van der Waals surface area (Å²) in [4.78, 5) is 0. The van der Waals surface area contributed by atoms with Gasteiger partial charge in [-0.25, -0.2) is 0 Å². The lowest BCUT2D eigenvalue weighted by Gasteiger charge is -2.07. The van der Waals surface area contributed by atoms with E-state index in [2.05, 4.69) is 4.74 Å². The molecule has 5 heteroatoms. The van der Waals surface area contributed by atoms with E-state index in [0.717, 1.165) is 0 Å². The standard InChI is InChI=1S/C10H9ClF2O2/c1-14-6-15-8-4-2-3-7(10(8)11)5-9(12)13/h2-5H,6H2,1H3. The van der Waals surface area contributed by atoms with E-state index in [1.54, 1.807) is 12.1 Å². The Morgan fingerprint density at radius 2 is 2.20 bits per heavy atom. The van der Waals surface area contributed by atoms with Crippen LogP contribution in [-0.2, 0) is 4.74 Å². The fourth-order valence-electron chi connectivity index (χ4n) is 0.991. The number of rotatable bonds is 4. The summed E-state index contributed by atoms with van der Waals surface area (Å²) >= 11 is 5.83. The van der Waals surface area contributed by atoms with Gasteiger partial charge in [-0.3, -0.25) is 0 Å². The van der Waals surface area contributed by atoms with Crippen LogP contribution >= 0.6 is 11.6 Å². The van der Waals surface area contributed by atoms with E-state index < -0.39 is 6.08 Å². The van der Waals surface area contributed by atoms with Crippen molar-refractivity contribution in [2.45, 2.75) is 0 Å². The molecule has 0 unspecified atom stereocenters. The molecule has 1 aromatic carbocycles. The van der Waals surface area contributed by atoms with Gasteiger partial charge in [-0.15, -0.1) is 0 Å². The van der Waals surface area contributed by atoms with Crippen molar-refractivity contribution in [3.63, 3.8) is 0 Å². The van der Waals surface area contributed by atoms with Gasteiger partial charge in [-0.1, -0.05) is 23.7 Å². The predicted octanol–water partition coefficient (Wildman–Crippen LogP) is 3.56. The van der Waals surface area contributed by atoms with Gasteiger partial charge in [-0.05, 0) is 6.07 Å². The molecule has 82 valence electrons. The highest BCUT2D eigenvalue weighted by atomic mass is 35.5. The summed E-state index contributed by atoms with van der Waals surface area (Å²) in [6.45, 7) is 0.0188. The molecule has 0 N–H and O–H groups in total. The lowest BCUT2D eigenvalue weighted by molar-refractivity contribution is 0.0512. The number of hydrogen-bond acceptors (Lipinski definition) is 2. The maximum absolute atomic E-state index is 12.0. The van der Waals surface area contributed by atoms with Crippen molar-refractivity contribution in [1.29, 1.82) is 0 Å². The van der Waals surface area contributed by atoms with E-state index in [-0.39, 0.29) is 17.4 Å². The summed E-state index contributed by atoms with van der Waals surface area (Å²) in [5.41, 5.74) is 0.213. The van der Waals surface area contributed by atoms with E-state index in [1.165, 1.54) is 13.2 Å². The highest BCUT2D eigenvalue weighted by Crippen LogP contribution is 2.29. The lowest BCUT2D eigenvalue weighted by atomic mass is 10.2.